The molecule has 0 aromatic carbocycles. The molecule has 0 unspecified atom stereocenters. The zero-order chi connectivity index (χ0) is 18.8. The Balaban J connectivity index is 3.75. The molecule has 154 valence electrons. The van der Waals surface area contributed by atoms with E-state index in [1.165, 1.54) is 89.9 Å². The Morgan fingerprint density at radius 3 is 1.12 bits per heavy atom. The lowest BCUT2D eigenvalue weighted by atomic mass is 10.1. The summed E-state index contributed by atoms with van der Waals surface area (Å²) in [4.78, 5) is 20.0. The van der Waals surface area contributed by atoms with Crippen LogP contribution in [0.15, 0.2) is 0 Å². The second kappa shape index (κ2) is 18.4. The molecule has 0 amide bonds. The number of unbranched alkanes of at least 4 members (excludes halogenated alkanes) is 14. The third-order valence-electron chi connectivity index (χ3n) is 4.81. The van der Waals surface area contributed by atoms with Crippen LogP contribution in [-0.2, 0) is 10.1 Å². The summed E-state index contributed by atoms with van der Waals surface area (Å²) in [6, 6.07) is 0. The Morgan fingerprint density at radius 1 is 0.560 bits per heavy atom. The van der Waals surface area contributed by atoms with Crippen molar-refractivity contribution < 1.29 is 9.79 Å². The summed E-state index contributed by atoms with van der Waals surface area (Å²) in [6.07, 6.45) is 20.8. The number of thiol groups is 1. The van der Waals surface area contributed by atoms with Crippen LogP contribution in [0.4, 0.5) is 0 Å². The summed E-state index contributed by atoms with van der Waals surface area (Å²) in [5.41, 5.74) is -2.94. The van der Waals surface area contributed by atoms with E-state index in [-0.39, 0.29) is 10.1 Å². The van der Waals surface area contributed by atoms with E-state index >= 15 is 0 Å². The minimum absolute atomic E-state index is 0.276. The van der Waals surface area contributed by atoms with Gasteiger partial charge in [0.2, 0.25) is 0 Å². The molecule has 0 bridgehead atoms. The largest absolute Gasteiger partial charge is 0.341 e. The van der Waals surface area contributed by atoms with Gasteiger partial charge in [-0.15, -0.1) is 10.1 Å². The van der Waals surface area contributed by atoms with E-state index in [1.54, 1.807) is 0 Å². The minimum atomic E-state index is -2.94. The fourth-order valence-corrected chi connectivity index (χ4v) is 8.63. The first kappa shape index (κ1) is 26.1. The molecule has 2 nitrogen and oxygen atoms in total. The number of hydrogen-bond acceptors (Lipinski definition) is 0. The van der Waals surface area contributed by atoms with Crippen LogP contribution < -0.4 is 0 Å². The predicted octanol–water partition coefficient (Wildman–Crippen LogP) is 7.48. The average Bonchev–Trinajstić information content (AvgIpc) is 2.56. The van der Waals surface area contributed by atoms with Gasteiger partial charge in [0.25, 0.3) is 0 Å². The molecular weight excluding hydrogens is 367 g/mol. The topological polar surface area (TPSA) is 40.5 Å². The normalized spacial score (nSPS) is 12.2. The number of rotatable bonds is 18. The van der Waals surface area contributed by atoms with E-state index in [0.717, 1.165) is 24.3 Å². The fourth-order valence-electron chi connectivity index (χ4n) is 3.15. The third-order valence-corrected chi connectivity index (χ3v) is 12.3. The molecule has 2 N–H and O–H groups in total. The van der Waals surface area contributed by atoms with Crippen molar-refractivity contribution in [2.75, 3.05) is 11.5 Å². The highest BCUT2D eigenvalue weighted by molar-refractivity contribution is 8.65. The Kier molecular flexibility index (Phi) is 19.2. The fraction of sp³-hybridized carbons (Fsp3) is 1.00. The van der Waals surface area contributed by atoms with E-state index in [9.17, 15) is 9.79 Å². The summed E-state index contributed by atoms with van der Waals surface area (Å²) < 4.78 is 0. The molecule has 0 saturated carbocycles. The second-order valence-electron chi connectivity index (χ2n) is 7.33. The van der Waals surface area contributed by atoms with Crippen molar-refractivity contribution in [2.45, 2.75) is 117 Å². The lowest BCUT2D eigenvalue weighted by Gasteiger charge is -2.16. The van der Waals surface area contributed by atoms with Crippen molar-refractivity contribution in [3.8, 4) is 0 Å². The van der Waals surface area contributed by atoms with E-state index in [1.807, 2.05) is 0 Å². The van der Waals surface area contributed by atoms with E-state index in [0.29, 0.717) is 0 Å². The first-order chi connectivity index (χ1) is 12.0. The highest BCUT2D eigenvalue weighted by atomic mass is 32.9. The predicted molar refractivity (Wildman–Crippen MR) is 123 cm³/mol. The van der Waals surface area contributed by atoms with Crippen LogP contribution in [-0.4, -0.2) is 21.3 Å². The third kappa shape index (κ3) is 18.2. The van der Waals surface area contributed by atoms with Gasteiger partial charge in [-0.2, -0.15) is 0 Å². The molecule has 0 spiro atoms. The van der Waals surface area contributed by atoms with Gasteiger partial charge in [0.15, 0.2) is 5.69 Å². The van der Waals surface area contributed by atoms with E-state index < -0.39 is 5.69 Å². The van der Waals surface area contributed by atoms with Crippen molar-refractivity contribution in [1.29, 1.82) is 0 Å². The molecule has 0 radical (unpaired) electrons. The van der Waals surface area contributed by atoms with Gasteiger partial charge in [0.05, 0.1) is 0 Å². The van der Waals surface area contributed by atoms with Crippen LogP contribution >= 0.6 is 17.9 Å². The lowest BCUT2D eigenvalue weighted by Crippen LogP contribution is -2.04. The van der Waals surface area contributed by atoms with E-state index in [2.05, 4.69) is 26.1 Å². The maximum atomic E-state index is 10.0. The molecule has 25 heavy (non-hydrogen) atoms. The van der Waals surface area contributed by atoms with Crippen LogP contribution in [0.5, 0.6) is 0 Å². The Bertz CT molecular complexity index is 312. The highest BCUT2D eigenvalue weighted by Crippen LogP contribution is 2.47. The standard InChI is InChI=1S/C20H45O2PS2/c1-3-5-7-9-11-13-15-17-19-25(23(21,22)24)20-18-16-14-12-10-8-6-4-2/h21-22,24H,3-20H2,1-2H3. The Morgan fingerprint density at radius 2 is 0.840 bits per heavy atom. The van der Waals surface area contributed by atoms with Crippen molar-refractivity contribution in [1.82, 2.24) is 0 Å². The molecule has 0 heterocycles. The van der Waals surface area contributed by atoms with Gasteiger partial charge in [0.1, 0.15) is 0 Å². The van der Waals surface area contributed by atoms with Crippen LogP contribution in [0.25, 0.3) is 0 Å². The zero-order valence-electron chi connectivity index (χ0n) is 16.9. The molecule has 0 aromatic rings. The minimum Gasteiger partial charge on any atom is -0.341 e. The molecule has 0 aromatic heterocycles. The lowest BCUT2D eigenvalue weighted by molar-refractivity contribution is 0.502. The quantitative estimate of drug-likeness (QED) is 0.124. The van der Waals surface area contributed by atoms with Crippen molar-refractivity contribution in [3.05, 3.63) is 0 Å². The summed E-state index contributed by atoms with van der Waals surface area (Å²) in [6.45, 7) is 4.51. The molecule has 0 atom stereocenters. The zero-order valence-corrected chi connectivity index (χ0v) is 19.5. The molecule has 5 heteroatoms. The van der Waals surface area contributed by atoms with Gasteiger partial charge in [-0.1, -0.05) is 116 Å². The monoisotopic (exact) mass is 412 g/mol. The molecule has 0 fully saturated rings. The Hall–Kier alpha value is 1.05. The van der Waals surface area contributed by atoms with Crippen LogP contribution in [0, 0.1) is 0 Å². The summed E-state index contributed by atoms with van der Waals surface area (Å²) in [5, 5.41) is 0. The number of hydrogen-bond donors (Lipinski definition) is 3. The van der Waals surface area contributed by atoms with Crippen molar-refractivity contribution >= 4 is 28.0 Å². The van der Waals surface area contributed by atoms with Gasteiger partial charge in [-0.25, -0.2) is 0 Å². The smallest absolute Gasteiger partial charge is 0.198 e. The first-order valence-electron chi connectivity index (χ1n) is 10.8. The molecule has 0 rings (SSSR count). The van der Waals surface area contributed by atoms with Gasteiger partial charge < -0.3 is 9.79 Å². The van der Waals surface area contributed by atoms with E-state index in [4.69, 9.17) is 0 Å². The Labute approximate surface area is 165 Å². The van der Waals surface area contributed by atoms with Gasteiger partial charge in [0, 0.05) is 0 Å². The summed E-state index contributed by atoms with van der Waals surface area (Å²) in [5.74, 6) is 1.94. The molecule has 0 aliphatic carbocycles. The maximum absolute atomic E-state index is 10.0. The summed E-state index contributed by atoms with van der Waals surface area (Å²) in [7, 11) is -0.276. The highest BCUT2D eigenvalue weighted by Gasteiger charge is 2.10. The average molecular weight is 413 g/mol. The van der Waals surface area contributed by atoms with Gasteiger partial charge in [-0.05, 0) is 24.3 Å². The van der Waals surface area contributed by atoms with Gasteiger partial charge >= 0.3 is 0 Å². The second-order valence-corrected chi connectivity index (χ2v) is 15.7. The molecular formula is C20H45O2PS2. The van der Waals surface area contributed by atoms with Crippen molar-refractivity contribution in [2.24, 2.45) is 0 Å². The molecule has 0 aliphatic rings. The van der Waals surface area contributed by atoms with Crippen LogP contribution in [0.1, 0.15) is 117 Å². The van der Waals surface area contributed by atoms with Crippen molar-refractivity contribution in [3.63, 3.8) is 0 Å². The van der Waals surface area contributed by atoms with Crippen LogP contribution in [0.2, 0.25) is 0 Å². The maximum Gasteiger partial charge on any atom is 0.198 e. The SMILES string of the molecule is CCCCCCCCCCS(CCCCCCCCCC)=P(O)(O)S. The van der Waals surface area contributed by atoms with Gasteiger partial charge in [-0.3, -0.25) is 0 Å². The molecule has 0 aliphatic heterocycles. The molecule has 0 saturated heterocycles. The first-order valence-corrected chi connectivity index (χ1v) is 15.8. The van der Waals surface area contributed by atoms with Crippen LogP contribution in [0.3, 0.4) is 0 Å². The summed E-state index contributed by atoms with van der Waals surface area (Å²) >= 11 is 4.15.